The van der Waals surface area contributed by atoms with Crippen LogP contribution in [0.1, 0.15) is 23.1 Å². The Balaban J connectivity index is 2.06. The number of carboxylic acid groups (broad SMARTS) is 1. The second-order valence-corrected chi connectivity index (χ2v) is 7.44. The third-order valence-electron chi connectivity index (χ3n) is 4.11. The van der Waals surface area contributed by atoms with Crippen LogP contribution in [0.4, 0.5) is 0 Å². The molecule has 0 bridgehead atoms. The standard InChI is InChI=1S/C20H24ClNO3S/c1-14-5-3-4-6-15(14)13-25-19-8-7-17(21)11-16(19)12-22-18(20(23)24)9-10-26-2/h3-8,11,18,22H,9-10,12-13H2,1-2H3,(H,23,24). The molecule has 0 aliphatic rings. The molecular weight excluding hydrogens is 370 g/mol. The Morgan fingerprint density at radius 2 is 2.04 bits per heavy atom. The number of halogens is 1. The fraction of sp³-hybridized carbons (Fsp3) is 0.350. The average Bonchev–Trinajstić information content (AvgIpc) is 2.62. The number of hydrogen-bond donors (Lipinski definition) is 2. The normalized spacial score (nSPS) is 12.0. The first-order chi connectivity index (χ1) is 12.5. The molecule has 0 saturated heterocycles. The second-order valence-electron chi connectivity index (χ2n) is 6.02. The van der Waals surface area contributed by atoms with Gasteiger partial charge >= 0.3 is 5.97 Å². The molecule has 2 aromatic rings. The van der Waals surface area contributed by atoms with Gasteiger partial charge in [-0.1, -0.05) is 35.9 Å². The molecule has 0 heterocycles. The summed E-state index contributed by atoms with van der Waals surface area (Å²) in [6, 6.07) is 12.9. The zero-order chi connectivity index (χ0) is 18.9. The van der Waals surface area contributed by atoms with Gasteiger partial charge in [-0.25, -0.2) is 0 Å². The maximum absolute atomic E-state index is 11.4. The van der Waals surface area contributed by atoms with Crippen LogP contribution in [0.15, 0.2) is 42.5 Å². The topological polar surface area (TPSA) is 58.6 Å². The quantitative estimate of drug-likeness (QED) is 0.621. The van der Waals surface area contributed by atoms with Crippen LogP contribution in [0.3, 0.4) is 0 Å². The van der Waals surface area contributed by atoms with E-state index in [9.17, 15) is 9.90 Å². The molecule has 0 aromatic heterocycles. The zero-order valence-electron chi connectivity index (χ0n) is 15.0. The maximum atomic E-state index is 11.4. The van der Waals surface area contributed by atoms with E-state index in [1.165, 1.54) is 5.56 Å². The highest BCUT2D eigenvalue weighted by Crippen LogP contribution is 2.24. The Morgan fingerprint density at radius 3 is 2.73 bits per heavy atom. The lowest BCUT2D eigenvalue weighted by molar-refractivity contribution is -0.139. The molecule has 6 heteroatoms. The highest BCUT2D eigenvalue weighted by molar-refractivity contribution is 7.98. The largest absolute Gasteiger partial charge is 0.489 e. The number of aliphatic carboxylic acids is 1. The van der Waals surface area contributed by atoms with Crippen molar-refractivity contribution in [2.45, 2.75) is 32.5 Å². The van der Waals surface area contributed by atoms with Crippen molar-refractivity contribution >= 4 is 29.3 Å². The summed E-state index contributed by atoms with van der Waals surface area (Å²) in [7, 11) is 0. The van der Waals surface area contributed by atoms with Crippen molar-refractivity contribution in [3.63, 3.8) is 0 Å². The monoisotopic (exact) mass is 393 g/mol. The summed E-state index contributed by atoms with van der Waals surface area (Å²) in [6.45, 7) is 2.89. The first-order valence-electron chi connectivity index (χ1n) is 8.42. The van der Waals surface area contributed by atoms with Crippen molar-refractivity contribution in [2.24, 2.45) is 0 Å². The van der Waals surface area contributed by atoms with Crippen LogP contribution in [0, 0.1) is 6.92 Å². The van der Waals surface area contributed by atoms with Gasteiger partial charge in [0, 0.05) is 17.1 Å². The summed E-state index contributed by atoms with van der Waals surface area (Å²) in [6.07, 6.45) is 2.53. The molecule has 1 unspecified atom stereocenters. The number of aryl methyl sites for hydroxylation is 1. The van der Waals surface area contributed by atoms with Crippen molar-refractivity contribution < 1.29 is 14.6 Å². The summed E-state index contributed by atoms with van der Waals surface area (Å²) in [5.41, 5.74) is 3.13. The second kappa shape index (κ2) is 10.5. The van der Waals surface area contributed by atoms with Crippen LogP contribution < -0.4 is 10.1 Å². The number of nitrogens with one attached hydrogen (secondary N) is 1. The summed E-state index contributed by atoms with van der Waals surface area (Å²) in [5, 5.41) is 13.0. The lowest BCUT2D eigenvalue weighted by Gasteiger charge is -2.17. The molecule has 0 radical (unpaired) electrons. The summed E-state index contributed by atoms with van der Waals surface area (Å²) in [5.74, 6) is 0.651. The van der Waals surface area contributed by atoms with Crippen LogP contribution >= 0.6 is 23.4 Å². The Morgan fingerprint density at radius 1 is 1.27 bits per heavy atom. The van der Waals surface area contributed by atoms with Crippen molar-refractivity contribution in [1.82, 2.24) is 5.32 Å². The molecule has 4 nitrogen and oxygen atoms in total. The summed E-state index contributed by atoms with van der Waals surface area (Å²) >= 11 is 7.75. The molecule has 2 N–H and O–H groups in total. The highest BCUT2D eigenvalue weighted by Gasteiger charge is 2.17. The van der Waals surface area contributed by atoms with E-state index in [0.717, 1.165) is 16.9 Å². The van der Waals surface area contributed by atoms with Crippen molar-refractivity contribution in [2.75, 3.05) is 12.0 Å². The van der Waals surface area contributed by atoms with Gasteiger partial charge in [0.05, 0.1) is 0 Å². The van der Waals surface area contributed by atoms with E-state index < -0.39 is 12.0 Å². The minimum atomic E-state index is -0.844. The van der Waals surface area contributed by atoms with Gasteiger partial charge < -0.3 is 15.2 Å². The Kier molecular flexibility index (Phi) is 8.29. The van der Waals surface area contributed by atoms with Gasteiger partial charge in [0.15, 0.2) is 0 Å². The molecule has 26 heavy (non-hydrogen) atoms. The Hall–Kier alpha value is -1.69. The number of carboxylic acids is 1. The molecule has 140 valence electrons. The summed E-state index contributed by atoms with van der Waals surface area (Å²) in [4.78, 5) is 11.4. The predicted octanol–water partition coefficient (Wildman–Crippen LogP) is 4.52. The SMILES string of the molecule is CSCCC(NCc1cc(Cl)ccc1OCc1ccccc1C)C(=O)O. The van der Waals surface area contributed by atoms with E-state index in [4.69, 9.17) is 16.3 Å². The molecule has 0 saturated carbocycles. The molecule has 1 atom stereocenters. The van der Waals surface area contributed by atoms with Crippen LogP contribution in [0.5, 0.6) is 5.75 Å². The van der Waals surface area contributed by atoms with Crippen LogP contribution in [-0.2, 0) is 17.9 Å². The van der Waals surface area contributed by atoms with Crippen LogP contribution in [0.2, 0.25) is 5.02 Å². The molecule has 0 fully saturated rings. The predicted molar refractivity (Wildman–Crippen MR) is 108 cm³/mol. The van der Waals surface area contributed by atoms with Gasteiger partial charge in [0.1, 0.15) is 18.4 Å². The maximum Gasteiger partial charge on any atom is 0.320 e. The van der Waals surface area contributed by atoms with Gasteiger partial charge in [0.2, 0.25) is 0 Å². The molecular formula is C20H24ClNO3S. The lowest BCUT2D eigenvalue weighted by Crippen LogP contribution is -2.36. The van der Waals surface area contributed by atoms with E-state index in [0.29, 0.717) is 30.3 Å². The van der Waals surface area contributed by atoms with Gasteiger partial charge in [-0.2, -0.15) is 11.8 Å². The fourth-order valence-electron chi connectivity index (χ4n) is 2.54. The van der Waals surface area contributed by atoms with Gasteiger partial charge in [-0.15, -0.1) is 0 Å². The first kappa shape index (κ1) is 20.6. The summed E-state index contributed by atoms with van der Waals surface area (Å²) < 4.78 is 5.98. The Bertz CT molecular complexity index is 739. The van der Waals surface area contributed by atoms with E-state index >= 15 is 0 Å². The van der Waals surface area contributed by atoms with E-state index in [1.807, 2.05) is 49.6 Å². The number of thioether (sulfide) groups is 1. The van der Waals surface area contributed by atoms with E-state index in [1.54, 1.807) is 17.8 Å². The number of hydrogen-bond acceptors (Lipinski definition) is 4. The van der Waals surface area contributed by atoms with Crippen molar-refractivity contribution in [3.8, 4) is 5.75 Å². The molecule has 2 rings (SSSR count). The minimum Gasteiger partial charge on any atom is -0.489 e. The van der Waals surface area contributed by atoms with Crippen molar-refractivity contribution in [3.05, 3.63) is 64.2 Å². The van der Waals surface area contributed by atoms with Gasteiger partial charge in [0.25, 0.3) is 0 Å². The first-order valence-corrected chi connectivity index (χ1v) is 10.2. The van der Waals surface area contributed by atoms with Gasteiger partial charge in [-0.3, -0.25) is 4.79 Å². The molecule has 2 aromatic carbocycles. The van der Waals surface area contributed by atoms with Crippen LogP contribution in [-0.4, -0.2) is 29.1 Å². The minimum absolute atomic E-state index is 0.384. The number of carbonyl (C=O) groups is 1. The van der Waals surface area contributed by atoms with E-state index in [-0.39, 0.29) is 0 Å². The zero-order valence-corrected chi connectivity index (χ0v) is 16.6. The smallest absolute Gasteiger partial charge is 0.320 e. The lowest BCUT2D eigenvalue weighted by atomic mass is 10.1. The van der Waals surface area contributed by atoms with E-state index in [2.05, 4.69) is 5.32 Å². The number of ether oxygens (including phenoxy) is 1. The molecule has 0 aliphatic heterocycles. The molecule has 0 aliphatic carbocycles. The Labute approximate surface area is 163 Å². The molecule has 0 amide bonds. The number of rotatable bonds is 10. The van der Waals surface area contributed by atoms with Crippen molar-refractivity contribution in [1.29, 1.82) is 0 Å². The highest BCUT2D eigenvalue weighted by atomic mass is 35.5. The van der Waals surface area contributed by atoms with Crippen LogP contribution in [0.25, 0.3) is 0 Å². The number of benzene rings is 2. The fourth-order valence-corrected chi connectivity index (χ4v) is 3.20. The third-order valence-corrected chi connectivity index (χ3v) is 4.99. The third kappa shape index (κ3) is 6.24. The molecule has 0 spiro atoms. The average molecular weight is 394 g/mol. The van der Waals surface area contributed by atoms with Gasteiger partial charge in [-0.05, 0) is 54.7 Å².